The zero-order chi connectivity index (χ0) is 15.0. The Morgan fingerprint density at radius 2 is 2.29 bits per heavy atom. The monoisotopic (exact) mass is 291 g/mol. The molecule has 1 aliphatic heterocycles. The van der Waals surface area contributed by atoms with Gasteiger partial charge in [-0.3, -0.25) is 9.59 Å². The molecule has 0 spiro atoms. The number of nitrogens with zero attached hydrogens (tertiary/aromatic N) is 2. The lowest BCUT2D eigenvalue weighted by atomic mass is 9.99. The fourth-order valence-electron chi connectivity index (χ4n) is 2.83. The van der Waals surface area contributed by atoms with Gasteiger partial charge in [-0.2, -0.15) is 0 Å². The van der Waals surface area contributed by atoms with Crippen molar-refractivity contribution in [1.29, 1.82) is 0 Å². The van der Waals surface area contributed by atoms with E-state index in [2.05, 4.69) is 24.1 Å². The number of nitrogens with one attached hydrogen (secondary N) is 1. The maximum absolute atomic E-state index is 12.8. The molecular weight excluding hydrogens is 270 g/mol. The van der Waals surface area contributed by atoms with Gasteiger partial charge in [0.2, 0.25) is 11.7 Å². The quantitative estimate of drug-likeness (QED) is 0.913. The van der Waals surface area contributed by atoms with Crippen molar-refractivity contribution in [1.82, 2.24) is 15.2 Å². The van der Waals surface area contributed by atoms with Crippen molar-refractivity contribution in [2.24, 2.45) is 5.92 Å². The maximum atomic E-state index is 12.8. The van der Waals surface area contributed by atoms with E-state index in [4.69, 9.17) is 4.42 Å². The van der Waals surface area contributed by atoms with E-state index < -0.39 is 6.04 Å². The second-order valence-electron chi connectivity index (χ2n) is 6.28. The molecule has 0 aromatic carbocycles. The van der Waals surface area contributed by atoms with E-state index in [0.717, 1.165) is 18.5 Å². The normalized spacial score (nSPS) is 22.5. The smallest absolute Gasteiger partial charge is 0.292 e. The van der Waals surface area contributed by atoms with Crippen LogP contribution in [0.4, 0.5) is 0 Å². The lowest BCUT2D eigenvalue weighted by molar-refractivity contribution is -0.128. The Hall–Kier alpha value is -1.85. The molecule has 0 radical (unpaired) electrons. The van der Waals surface area contributed by atoms with Crippen LogP contribution in [0.15, 0.2) is 10.8 Å². The van der Waals surface area contributed by atoms with E-state index in [0.29, 0.717) is 37.1 Å². The van der Waals surface area contributed by atoms with E-state index in [-0.39, 0.29) is 11.8 Å². The summed E-state index contributed by atoms with van der Waals surface area (Å²) < 4.78 is 5.34. The molecule has 1 atom stereocenters. The lowest BCUT2D eigenvalue weighted by Crippen LogP contribution is -2.57. The molecule has 0 bridgehead atoms. The summed E-state index contributed by atoms with van der Waals surface area (Å²) in [7, 11) is 0. The molecular formula is C15H21N3O3. The van der Waals surface area contributed by atoms with Gasteiger partial charge in [-0.05, 0) is 25.2 Å². The summed E-state index contributed by atoms with van der Waals surface area (Å²) in [6, 6.07) is -0.414. The van der Waals surface area contributed by atoms with E-state index >= 15 is 0 Å². The van der Waals surface area contributed by atoms with Crippen LogP contribution in [-0.2, 0) is 4.79 Å². The molecule has 2 aliphatic rings. The van der Waals surface area contributed by atoms with Crippen LogP contribution in [0, 0.1) is 5.92 Å². The Kier molecular flexibility index (Phi) is 3.69. The number of carbonyl (C=O) groups excluding carboxylic acids is 2. The third kappa shape index (κ3) is 2.80. The Balaban J connectivity index is 1.83. The van der Waals surface area contributed by atoms with Crippen molar-refractivity contribution in [2.45, 2.75) is 45.1 Å². The second-order valence-corrected chi connectivity index (χ2v) is 6.28. The average Bonchev–Trinajstić information content (AvgIpc) is 3.17. The summed E-state index contributed by atoms with van der Waals surface area (Å²) in [6.45, 7) is 5.11. The first-order valence-electron chi connectivity index (χ1n) is 7.60. The van der Waals surface area contributed by atoms with Gasteiger partial charge in [0.1, 0.15) is 6.04 Å². The molecule has 1 aromatic heterocycles. The van der Waals surface area contributed by atoms with Crippen molar-refractivity contribution >= 4 is 11.8 Å². The summed E-state index contributed by atoms with van der Waals surface area (Å²) in [5.74, 6) is 0.739. The highest BCUT2D eigenvalue weighted by atomic mass is 16.4. The number of amides is 2. The fourth-order valence-corrected chi connectivity index (χ4v) is 2.83. The third-order valence-electron chi connectivity index (χ3n) is 4.04. The van der Waals surface area contributed by atoms with Crippen LogP contribution in [0.5, 0.6) is 0 Å². The molecule has 1 aliphatic carbocycles. The van der Waals surface area contributed by atoms with Crippen molar-refractivity contribution in [2.75, 3.05) is 13.1 Å². The van der Waals surface area contributed by atoms with Crippen LogP contribution in [-0.4, -0.2) is 40.8 Å². The van der Waals surface area contributed by atoms with Crippen LogP contribution in [0.1, 0.15) is 55.3 Å². The van der Waals surface area contributed by atoms with Crippen molar-refractivity contribution in [3.05, 3.63) is 17.8 Å². The zero-order valence-corrected chi connectivity index (χ0v) is 12.5. The van der Waals surface area contributed by atoms with Gasteiger partial charge in [-0.1, -0.05) is 13.8 Å². The van der Waals surface area contributed by atoms with E-state index in [1.165, 1.54) is 6.39 Å². The van der Waals surface area contributed by atoms with E-state index in [1.807, 2.05) is 0 Å². The third-order valence-corrected chi connectivity index (χ3v) is 4.04. The number of carbonyl (C=O) groups is 2. The Bertz CT molecular complexity index is 548. The summed E-state index contributed by atoms with van der Waals surface area (Å²) in [5.41, 5.74) is 0.759. The fraction of sp³-hybridized carbons (Fsp3) is 0.667. The molecule has 1 N–H and O–H groups in total. The number of hydrogen-bond donors (Lipinski definition) is 1. The number of oxazole rings is 1. The van der Waals surface area contributed by atoms with Gasteiger partial charge in [0.25, 0.3) is 5.91 Å². The predicted molar refractivity (Wildman–Crippen MR) is 75.8 cm³/mol. The number of rotatable bonds is 4. The molecule has 6 heteroatoms. The van der Waals surface area contributed by atoms with Gasteiger partial charge in [-0.15, -0.1) is 0 Å². The minimum absolute atomic E-state index is 0.0733. The lowest BCUT2D eigenvalue weighted by Gasteiger charge is -2.35. The SMILES string of the molecule is CC(C)CC1C(=O)NCCN1C(=O)c1ocnc1C1CC1. The van der Waals surface area contributed by atoms with Gasteiger partial charge in [0, 0.05) is 19.0 Å². The number of hydrogen-bond acceptors (Lipinski definition) is 4. The Morgan fingerprint density at radius 3 is 2.95 bits per heavy atom. The van der Waals surface area contributed by atoms with Crippen molar-refractivity contribution in [3.63, 3.8) is 0 Å². The largest absolute Gasteiger partial charge is 0.438 e. The number of aromatic nitrogens is 1. The Morgan fingerprint density at radius 1 is 1.52 bits per heavy atom. The maximum Gasteiger partial charge on any atom is 0.292 e. The molecule has 2 fully saturated rings. The standard InChI is InChI=1S/C15H21N3O3/c1-9(2)7-11-14(19)16-5-6-18(11)15(20)13-12(10-3-4-10)17-8-21-13/h8-11H,3-7H2,1-2H3,(H,16,19). The first-order chi connectivity index (χ1) is 10.1. The first kappa shape index (κ1) is 14.1. The molecule has 1 aromatic rings. The molecule has 3 rings (SSSR count). The summed E-state index contributed by atoms with van der Waals surface area (Å²) in [6.07, 6.45) is 4.11. The van der Waals surface area contributed by atoms with Crippen molar-refractivity contribution < 1.29 is 14.0 Å². The molecule has 21 heavy (non-hydrogen) atoms. The highest BCUT2D eigenvalue weighted by molar-refractivity contribution is 5.97. The molecule has 1 saturated carbocycles. The topological polar surface area (TPSA) is 75.4 Å². The average molecular weight is 291 g/mol. The minimum atomic E-state index is -0.414. The molecule has 114 valence electrons. The molecule has 1 saturated heterocycles. The van der Waals surface area contributed by atoms with Crippen LogP contribution in [0.25, 0.3) is 0 Å². The van der Waals surface area contributed by atoms with Crippen LogP contribution < -0.4 is 5.32 Å². The zero-order valence-electron chi connectivity index (χ0n) is 12.5. The van der Waals surface area contributed by atoms with Crippen LogP contribution in [0.3, 0.4) is 0 Å². The van der Waals surface area contributed by atoms with Gasteiger partial charge in [-0.25, -0.2) is 4.98 Å². The minimum Gasteiger partial charge on any atom is -0.438 e. The van der Waals surface area contributed by atoms with Gasteiger partial charge in [0.15, 0.2) is 6.39 Å². The Labute approximate surface area is 123 Å². The van der Waals surface area contributed by atoms with Gasteiger partial charge in [0.05, 0.1) is 5.69 Å². The highest BCUT2D eigenvalue weighted by Crippen LogP contribution is 2.41. The van der Waals surface area contributed by atoms with Crippen LogP contribution in [0.2, 0.25) is 0 Å². The molecule has 6 nitrogen and oxygen atoms in total. The summed E-state index contributed by atoms with van der Waals surface area (Å²) in [5, 5.41) is 2.84. The van der Waals surface area contributed by atoms with E-state index in [1.54, 1.807) is 4.90 Å². The highest BCUT2D eigenvalue weighted by Gasteiger charge is 2.38. The summed E-state index contributed by atoms with van der Waals surface area (Å²) in [4.78, 5) is 30.7. The predicted octanol–water partition coefficient (Wildman–Crippen LogP) is 1.54. The summed E-state index contributed by atoms with van der Waals surface area (Å²) >= 11 is 0. The van der Waals surface area contributed by atoms with E-state index in [9.17, 15) is 9.59 Å². The molecule has 2 amide bonds. The van der Waals surface area contributed by atoms with Crippen molar-refractivity contribution in [3.8, 4) is 0 Å². The molecule has 1 unspecified atom stereocenters. The number of piperazine rings is 1. The van der Waals surface area contributed by atoms with Gasteiger partial charge < -0.3 is 14.6 Å². The molecule has 2 heterocycles. The van der Waals surface area contributed by atoms with Gasteiger partial charge >= 0.3 is 0 Å². The first-order valence-corrected chi connectivity index (χ1v) is 7.60. The second kappa shape index (κ2) is 5.50. The van der Waals surface area contributed by atoms with Crippen LogP contribution >= 0.6 is 0 Å².